The summed E-state index contributed by atoms with van der Waals surface area (Å²) in [6, 6.07) is 18.1. The smallest absolute Gasteiger partial charge is 0.234 e. The summed E-state index contributed by atoms with van der Waals surface area (Å²) >= 11 is 0. The Hall–Kier alpha value is -3.03. The van der Waals surface area contributed by atoms with Crippen LogP contribution in [-0.4, -0.2) is 13.4 Å². The lowest BCUT2D eigenvalue weighted by molar-refractivity contribution is 0.451. The Labute approximate surface area is 157 Å². The number of halogens is 1. The molecule has 3 rings (SSSR count). The Morgan fingerprint density at radius 3 is 2.63 bits per heavy atom. The number of benzene rings is 2. The van der Waals surface area contributed by atoms with Gasteiger partial charge >= 0.3 is 0 Å². The van der Waals surface area contributed by atoms with Crippen LogP contribution in [-0.2, 0) is 16.6 Å². The molecule has 0 aliphatic heterocycles. The van der Waals surface area contributed by atoms with Crippen molar-refractivity contribution in [2.45, 2.75) is 6.54 Å². The number of hydrogen-bond donors (Lipinski definition) is 1. The molecule has 1 N–H and O–H groups in total. The number of aromatic nitrogens is 1. The predicted molar refractivity (Wildman–Crippen MR) is 102 cm³/mol. The highest BCUT2D eigenvalue weighted by molar-refractivity contribution is 7.92. The second-order valence-corrected chi connectivity index (χ2v) is 7.26. The molecule has 3 aromatic rings. The van der Waals surface area contributed by atoms with Crippen molar-refractivity contribution in [1.82, 2.24) is 9.71 Å². The Bertz CT molecular complexity index is 1040. The van der Waals surface area contributed by atoms with E-state index in [4.69, 9.17) is 4.74 Å². The molecule has 0 saturated heterocycles. The van der Waals surface area contributed by atoms with Gasteiger partial charge in [0.15, 0.2) is 0 Å². The number of hydrogen-bond acceptors (Lipinski definition) is 4. The second kappa shape index (κ2) is 8.57. The molecule has 0 radical (unpaired) electrons. The van der Waals surface area contributed by atoms with Crippen LogP contribution in [0.4, 0.5) is 4.39 Å². The summed E-state index contributed by atoms with van der Waals surface area (Å²) < 4.78 is 45.7. The molecule has 1 heterocycles. The van der Waals surface area contributed by atoms with Crippen molar-refractivity contribution in [2.75, 3.05) is 0 Å². The van der Waals surface area contributed by atoms with Crippen molar-refractivity contribution < 1.29 is 17.5 Å². The first-order valence-corrected chi connectivity index (χ1v) is 9.67. The molecule has 0 atom stereocenters. The van der Waals surface area contributed by atoms with E-state index in [2.05, 4.69) is 9.71 Å². The van der Waals surface area contributed by atoms with Crippen molar-refractivity contribution >= 4 is 16.1 Å². The van der Waals surface area contributed by atoms with E-state index in [1.54, 1.807) is 30.3 Å². The third-order valence-electron chi connectivity index (χ3n) is 3.56. The molecule has 0 aliphatic rings. The molecule has 0 aliphatic carbocycles. The minimum absolute atomic E-state index is 0.0139. The molecule has 0 bridgehead atoms. The SMILES string of the molecule is O=S(=O)(/C=C/c1ccccc1)NCc1cccnc1Oc1cccc(F)c1. The Balaban J connectivity index is 1.70. The predicted octanol–water partition coefficient (Wildman–Crippen LogP) is 4.10. The third kappa shape index (κ3) is 5.73. The summed E-state index contributed by atoms with van der Waals surface area (Å²) in [5.74, 6) is 0.0522. The number of ether oxygens (including phenoxy) is 1. The van der Waals surface area contributed by atoms with E-state index in [0.717, 1.165) is 11.0 Å². The molecule has 138 valence electrons. The molecule has 5 nitrogen and oxygen atoms in total. The summed E-state index contributed by atoms with van der Waals surface area (Å²) in [5.41, 5.74) is 1.30. The van der Waals surface area contributed by atoms with E-state index in [9.17, 15) is 12.8 Å². The van der Waals surface area contributed by atoms with Gasteiger partial charge in [0.05, 0.1) is 0 Å². The zero-order valence-corrected chi connectivity index (χ0v) is 15.1. The van der Waals surface area contributed by atoms with E-state index in [1.807, 2.05) is 18.2 Å². The van der Waals surface area contributed by atoms with Crippen molar-refractivity contribution in [2.24, 2.45) is 0 Å². The maximum absolute atomic E-state index is 13.3. The lowest BCUT2D eigenvalue weighted by atomic mass is 10.2. The number of rotatable bonds is 7. The quantitative estimate of drug-likeness (QED) is 0.666. The Morgan fingerprint density at radius 2 is 1.85 bits per heavy atom. The minimum atomic E-state index is -3.65. The number of nitrogens with one attached hydrogen (secondary N) is 1. The monoisotopic (exact) mass is 384 g/mol. The largest absolute Gasteiger partial charge is 0.439 e. The lowest BCUT2D eigenvalue weighted by Gasteiger charge is -2.10. The molecule has 7 heteroatoms. The van der Waals surface area contributed by atoms with Crippen molar-refractivity contribution in [3.05, 3.63) is 95.3 Å². The molecular formula is C20H17FN2O3S. The fraction of sp³-hybridized carbons (Fsp3) is 0.0500. The number of nitrogens with zero attached hydrogens (tertiary/aromatic N) is 1. The van der Waals surface area contributed by atoms with Crippen LogP contribution < -0.4 is 9.46 Å². The standard InChI is InChI=1S/C20H17FN2O3S/c21-18-9-4-10-19(14-18)26-20-17(8-5-12-22-20)15-23-27(24,25)13-11-16-6-2-1-3-7-16/h1-14,23H,15H2/b13-11+. The van der Waals surface area contributed by atoms with Crippen LogP contribution in [0.1, 0.15) is 11.1 Å². The first kappa shape index (κ1) is 18.8. The highest BCUT2D eigenvalue weighted by atomic mass is 32.2. The van der Waals surface area contributed by atoms with Gasteiger partial charge in [0.2, 0.25) is 15.9 Å². The number of pyridine rings is 1. The summed E-state index contributed by atoms with van der Waals surface area (Å²) in [7, 11) is -3.65. The molecule has 0 spiro atoms. The highest BCUT2D eigenvalue weighted by Crippen LogP contribution is 2.23. The molecule has 0 saturated carbocycles. The molecule has 1 aromatic heterocycles. The lowest BCUT2D eigenvalue weighted by Crippen LogP contribution is -2.21. The average Bonchev–Trinajstić information content (AvgIpc) is 2.67. The maximum atomic E-state index is 13.3. The van der Waals surface area contributed by atoms with Gasteiger partial charge in [0, 0.05) is 29.8 Å². The van der Waals surface area contributed by atoms with Crippen molar-refractivity contribution in [1.29, 1.82) is 0 Å². The Morgan fingerprint density at radius 1 is 1.04 bits per heavy atom. The van der Waals surface area contributed by atoms with E-state index < -0.39 is 15.8 Å². The summed E-state index contributed by atoms with van der Waals surface area (Å²) in [4.78, 5) is 4.10. The van der Waals surface area contributed by atoms with E-state index >= 15 is 0 Å². The van der Waals surface area contributed by atoms with Gasteiger partial charge in [-0.2, -0.15) is 0 Å². The minimum Gasteiger partial charge on any atom is -0.439 e. The van der Waals surface area contributed by atoms with Crippen LogP contribution in [0.3, 0.4) is 0 Å². The van der Waals surface area contributed by atoms with Crippen LogP contribution in [0.2, 0.25) is 0 Å². The van der Waals surface area contributed by atoms with Crippen LogP contribution in [0, 0.1) is 5.82 Å². The topological polar surface area (TPSA) is 68.3 Å². The van der Waals surface area contributed by atoms with Gasteiger partial charge in [-0.05, 0) is 29.8 Å². The van der Waals surface area contributed by atoms with Gasteiger partial charge in [-0.3, -0.25) is 0 Å². The summed E-state index contributed by atoms with van der Waals surface area (Å²) in [5, 5.41) is 1.10. The third-order valence-corrected chi connectivity index (χ3v) is 4.60. The van der Waals surface area contributed by atoms with Gasteiger partial charge in [-0.15, -0.1) is 0 Å². The van der Waals surface area contributed by atoms with E-state index in [0.29, 0.717) is 5.56 Å². The van der Waals surface area contributed by atoms with Crippen LogP contribution in [0.15, 0.2) is 78.3 Å². The van der Waals surface area contributed by atoms with E-state index in [1.165, 1.54) is 30.5 Å². The summed E-state index contributed by atoms with van der Waals surface area (Å²) in [6.45, 7) is -0.0139. The van der Waals surface area contributed by atoms with Gasteiger partial charge < -0.3 is 4.74 Å². The van der Waals surface area contributed by atoms with Crippen LogP contribution in [0.5, 0.6) is 11.6 Å². The fourth-order valence-electron chi connectivity index (χ4n) is 2.25. The van der Waals surface area contributed by atoms with Gasteiger partial charge in [0.1, 0.15) is 11.6 Å². The van der Waals surface area contributed by atoms with Crippen LogP contribution >= 0.6 is 0 Å². The van der Waals surface area contributed by atoms with Gasteiger partial charge in [-0.1, -0.05) is 42.5 Å². The van der Waals surface area contributed by atoms with Gasteiger partial charge in [0.25, 0.3) is 0 Å². The van der Waals surface area contributed by atoms with E-state index in [-0.39, 0.29) is 18.2 Å². The maximum Gasteiger partial charge on any atom is 0.234 e. The Kier molecular flexibility index (Phi) is 5.95. The first-order chi connectivity index (χ1) is 13.0. The molecule has 27 heavy (non-hydrogen) atoms. The molecule has 0 fully saturated rings. The van der Waals surface area contributed by atoms with Crippen molar-refractivity contribution in [3.63, 3.8) is 0 Å². The number of sulfonamides is 1. The van der Waals surface area contributed by atoms with Gasteiger partial charge in [-0.25, -0.2) is 22.5 Å². The molecule has 2 aromatic carbocycles. The average molecular weight is 384 g/mol. The van der Waals surface area contributed by atoms with Crippen molar-refractivity contribution in [3.8, 4) is 11.6 Å². The normalized spacial score (nSPS) is 11.6. The molecular weight excluding hydrogens is 367 g/mol. The first-order valence-electron chi connectivity index (χ1n) is 8.12. The zero-order chi connectivity index (χ0) is 19.1. The zero-order valence-electron chi connectivity index (χ0n) is 14.2. The summed E-state index contributed by atoms with van der Waals surface area (Å²) in [6.07, 6.45) is 3.03. The molecule has 0 amide bonds. The van der Waals surface area contributed by atoms with Crippen LogP contribution in [0.25, 0.3) is 6.08 Å². The highest BCUT2D eigenvalue weighted by Gasteiger charge is 2.10. The second-order valence-electron chi connectivity index (χ2n) is 5.61. The molecule has 0 unspecified atom stereocenters. The fourth-order valence-corrected chi connectivity index (χ4v) is 3.04.